The maximum Gasteiger partial charge on any atom is 0.0631 e. The fourth-order valence-electron chi connectivity index (χ4n) is 3.89. The summed E-state index contributed by atoms with van der Waals surface area (Å²) in [5, 5.41) is 10.4. The highest BCUT2D eigenvalue weighted by Crippen LogP contribution is 2.41. The molecule has 2 rings (SSSR count). The van der Waals surface area contributed by atoms with Gasteiger partial charge in [-0.05, 0) is 63.7 Å². The smallest absolute Gasteiger partial charge is 0.0631 e. The summed E-state index contributed by atoms with van der Waals surface area (Å²) >= 11 is 0. The van der Waals surface area contributed by atoms with Crippen LogP contribution in [0.25, 0.3) is 0 Å². The van der Waals surface area contributed by atoms with Crippen molar-refractivity contribution in [2.24, 2.45) is 11.3 Å². The molecule has 1 saturated heterocycles. The van der Waals surface area contributed by atoms with E-state index < -0.39 is 0 Å². The monoisotopic (exact) mass is 268 g/mol. The zero-order valence-corrected chi connectivity index (χ0v) is 13.2. The molecule has 2 atom stereocenters. The second-order valence-electron chi connectivity index (χ2n) is 7.34. The van der Waals surface area contributed by atoms with E-state index in [-0.39, 0.29) is 11.5 Å². The molecule has 0 aromatic heterocycles. The van der Waals surface area contributed by atoms with Crippen LogP contribution in [0, 0.1) is 11.3 Å². The molecule has 0 spiro atoms. The van der Waals surface area contributed by atoms with E-state index >= 15 is 0 Å². The average Bonchev–Trinajstić information content (AvgIpc) is 2.66. The first-order chi connectivity index (χ1) is 8.94. The minimum atomic E-state index is -0.120. The van der Waals surface area contributed by atoms with Crippen molar-refractivity contribution < 1.29 is 5.11 Å². The molecule has 0 bridgehead atoms. The zero-order chi connectivity index (χ0) is 14.0. The van der Waals surface area contributed by atoms with Gasteiger partial charge < -0.3 is 14.9 Å². The van der Waals surface area contributed by atoms with Gasteiger partial charge in [0.25, 0.3) is 0 Å². The third kappa shape index (κ3) is 3.50. The SMILES string of the molecule is CCN1CCC(N(C)CC2CCC(C)(C)C2O)CC1. The van der Waals surface area contributed by atoms with E-state index in [2.05, 4.69) is 37.6 Å². The van der Waals surface area contributed by atoms with Crippen LogP contribution in [0.3, 0.4) is 0 Å². The third-order valence-electron chi connectivity index (χ3n) is 5.56. The van der Waals surface area contributed by atoms with E-state index in [4.69, 9.17) is 0 Å². The van der Waals surface area contributed by atoms with Crippen molar-refractivity contribution in [2.75, 3.05) is 33.2 Å². The second-order valence-corrected chi connectivity index (χ2v) is 7.34. The first-order valence-electron chi connectivity index (χ1n) is 8.04. The van der Waals surface area contributed by atoms with Crippen LogP contribution in [0.2, 0.25) is 0 Å². The van der Waals surface area contributed by atoms with Crippen molar-refractivity contribution in [3.8, 4) is 0 Å². The maximum atomic E-state index is 10.4. The average molecular weight is 268 g/mol. The van der Waals surface area contributed by atoms with Crippen LogP contribution < -0.4 is 0 Å². The largest absolute Gasteiger partial charge is 0.392 e. The molecule has 0 radical (unpaired) electrons. The summed E-state index contributed by atoms with van der Waals surface area (Å²) in [6.45, 7) is 11.4. The van der Waals surface area contributed by atoms with E-state index in [0.717, 1.165) is 12.6 Å². The zero-order valence-electron chi connectivity index (χ0n) is 13.2. The summed E-state index contributed by atoms with van der Waals surface area (Å²) in [5.74, 6) is 0.476. The molecule has 112 valence electrons. The van der Waals surface area contributed by atoms with E-state index in [1.807, 2.05) is 0 Å². The van der Waals surface area contributed by atoms with Gasteiger partial charge in [0.15, 0.2) is 0 Å². The molecule has 1 heterocycles. The van der Waals surface area contributed by atoms with Gasteiger partial charge in [-0.1, -0.05) is 20.8 Å². The minimum absolute atomic E-state index is 0.120. The highest BCUT2D eigenvalue weighted by Gasteiger charge is 2.41. The Morgan fingerprint density at radius 3 is 2.32 bits per heavy atom. The molecule has 3 heteroatoms. The van der Waals surface area contributed by atoms with Crippen LogP contribution in [0.15, 0.2) is 0 Å². The fourth-order valence-corrected chi connectivity index (χ4v) is 3.89. The van der Waals surface area contributed by atoms with Gasteiger partial charge in [-0.3, -0.25) is 0 Å². The first kappa shape index (κ1) is 15.3. The molecular weight excluding hydrogens is 236 g/mol. The van der Waals surface area contributed by atoms with Crippen LogP contribution in [0.4, 0.5) is 0 Å². The predicted molar refractivity (Wildman–Crippen MR) is 80.3 cm³/mol. The van der Waals surface area contributed by atoms with Gasteiger partial charge in [-0.2, -0.15) is 0 Å². The summed E-state index contributed by atoms with van der Waals surface area (Å²) < 4.78 is 0. The van der Waals surface area contributed by atoms with E-state index in [1.54, 1.807) is 0 Å². The molecule has 2 fully saturated rings. The van der Waals surface area contributed by atoms with Crippen LogP contribution in [0.5, 0.6) is 0 Å². The van der Waals surface area contributed by atoms with E-state index in [0.29, 0.717) is 5.92 Å². The van der Waals surface area contributed by atoms with Crippen LogP contribution in [0.1, 0.15) is 46.5 Å². The van der Waals surface area contributed by atoms with Gasteiger partial charge in [-0.25, -0.2) is 0 Å². The number of aliphatic hydroxyl groups excluding tert-OH is 1. The summed E-state index contributed by atoms with van der Waals surface area (Å²) in [6.07, 6.45) is 4.81. The van der Waals surface area contributed by atoms with Crippen molar-refractivity contribution in [3.05, 3.63) is 0 Å². The Hall–Kier alpha value is -0.120. The van der Waals surface area contributed by atoms with Gasteiger partial charge in [0.05, 0.1) is 6.10 Å². The van der Waals surface area contributed by atoms with E-state index in [9.17, 15) is 5.11 Å². The van der Waals surface area contributed by atoms with Crippen LogP contribution in [-0.4, -0.2) is 60.3 Å². The molecule has 1 aliphatic carbocycles. The lowest BCUT2D eigenvalue weighted by Crippen LogP contribution is -2.45. The Morgan fingerprint density at radius 1 is 1.21 bits per heavy atom. The summed E-state index contributed by atoms with van der Waals surface area (Å²) in [6, 6.07) is 0.721. The molecule has 1 N–H and O–H groups in total. The second kappa shape index (κ2) is 6.11. The first-order valence-corrected chi connectivity index (χ1v) is 8.04. The molecule has 3 nitrogen and oxygen atoms in total. The Morgan fingerprint density at radius 2 is 1.84 bits per heavy atom. The number of likely N-dealkylation sites (tertiary alicyclic amines) is 1. The summed E-state index contributed by atoms with van der Waals surface area (Å²) in [4.78, 5) is 5.06. The van der Waals surface area contributed by atoms with Crippen molar-refractivity contribution in [1.82, 2.24) is 9.80 Å². The fraction of sp³-hybridized carbons (Fsp3) is 1.00. The quantitative estimate of drug-likeness (QED) is 0.847. The number of aliphatic hydroxyl groups is 1. The Balaban J connectivity index is 1.80. The van der Waals surface area contributed by atoms with Gasteiger partial charge >= 0.3 is 0 Å². The highest BCUT2D eigenvalue weighted by molar-refractivity contribution is 4.93. The molecule has 0 aromatic carbocycles. The van der Waals surface area contributed by atoms with Gasteiger partial charge in [-0.15, -0.1) is 0 Å². The van der Waals surface area contributed by atoms with Crippen LogP contribution in [-0.2, 0) is 0 Å². The standard InChI is InChI=1S/C16H32N2O/c1-5-18-10-7-14(8-11-18)17(4)12-13-6-9-16(2,3)15(13)19/h13-15,19H,5-12H2,1-4H3. The normalized spacial score (nSPS) is 33.2. The lowest BCUT2D eigenvalue weighted by atomic mass is 9.87. The topological polar surface area (TPSA) is 26.7 Å². The number of hydrogen-bond donors (Lipinski definition) is 1. The molecular formula is C16H32N2O. The lowest BCUT2D eigenvalue weighted by molar-refractivity contribution is 0.0253. The van der Waals surface area contributed by atoms with Gasteiger partial charge in [0, 0.05) is 12.6 Å². The maximum absolute atomic E-state index is 10.4. The van der Waals surface area contributed by atoms with Crippen molar-refractivity contribution in [1.29, 1.82) is 0 Å². The van der Waals surface area contributed by atoms with Crippen LogP contribution >= 0.6 is 0 Å². The Kier molecular flexibility index (Phi) is 4.91. The van der Waals surface area contributed by atoms with Gasteiger partial charge in [0.1, 0.15) is 0 Å². The number of nitrogens with zero attached hydrogens (tertiary/aromatic N) is 2. The van der Waals surface area contributed by atoms with E-state index in [1.165, 1.54) is 45.3 Å². The number of hydrogen-bond acceptors (Lipinski definition) is 3. The molecule has 0 amide bonds. The molecule has 2 aliphatic rings. The number of rotatable bonds is 4. The highest BCUT2D eigenvalue weighted by atomic mass is 16.3. The molecule has 1 saturated carbocycles. The number of piperidine rings is 1. The van der Waals surface area contributed by atoms with Gasteiger partial charge in [0.2, 0.25) is 0 Å². The minimum Gasteiger partial charge on any atom is -0.392 e. The lowest BCUT2D eigenvalue weighted by Gasteiger charge is -2.38. The summed E-state index contributed by atoms with van der Waals surface area (Å²) in [7, 11) is 2.25. The predicted octanol–water partition coefficient (Wildman–Crippen LogP) is 2.20. The van der Waals surface area contributed by atoms with Crippen molar-refractivity contribution >= 4 is 0 Å². The van der Waals surface area contributed by atoms with Crippen molar-refractivity contribution in [2.45, 2.75) is 58.6 Å². The molecule has 0 aromatic rings. The molecule has 19 heavy (non-hydrogen) atoms. The molecule has 1 aliphatic heterocycles. The Labute approximate surface area is 119 Å². The molecule has 2 unspecified atom stereocenters. The third-order valence-corrected chi connectivity index (χ3v) is 5.56. The van der Waals surface area contributed by atoms with Crippen molar-refractivity contribution in [3.63, 3.8) is 0 Å². The summed E-state index contributed by atoms with van der Waals surface area (Å²) in [5.41, 5.74) is 0.122. The Bertz CT molecular complexity index is 284.